The molecule has 2 nitrogen and oxygen atoms in total. The fourth-order valence-corrected chi connectivity index (χ4v) is 2.51. The van der Waals surface area contributed by atoms with Gasteiger partial charge in [0.05, 0.1) is 5.02 Å². The molecule has 0 amide bonds. The Balaban J connectivity index is 1.97. The smallest absolute Gasteiger partial charge is 0.173 e. The summed E-state index contributed by atoms with van der Waals surface area (Å²) in [4.78, 5) is 1.93. The highest BCUT2D eigenvalue weighted by molar-refractivity contribution is 7.80. The number of nitrogens with zero attached hydrogens (tertiary/aromatic N) is 1. The number of nitrogens with one attached hydrogen (secondary N) is 1. The van der Waals surface area contributed by atoms with Crippen LogP contribution in [-0.2, 0) is 6.54 Å². The van der Waals surface area contributed by atoms with Crippen LogP contribution in [0.3, 0.4) is 0 Å². The monoisotopic (exact) mass is 350 g/mol. The van der Waals surface area contributed by atoms with Crippen LogP contribution in [0.25, 0.3) is 0 Å². The lowest BCUT2D eigenvalue weighted by Gasteiger charge is -2.21. The van der Waals surface area contributed by atoms with Gasteiger partial charge in [-0.25, -0.2) is 4.39 Å². The van der Waals surface area contributed by atoms with Gasteiger partial charge in [-0.1, -0.05) is 49.7 Å². The number of benzene rings is 2. The number of thiocarbonyl (C=S) groups is 1. The lowest BCUT2D eigenvalue weighted by atomic mass is 10.0. The van der Waals surface area contributed by atoms with E-state index in [2.05, 4.69) is 43.4 Å². The minimum Gasteiger partial charge on any atom is -0.348 e. The van der Waals surface area contributed by atoms with E-state index in [1.54, 1.807) is 6.07 Å². The molecule has 0 bridgehead atoms. The molecule has 2 rings (SSSR count). The zero-order valence-electron chi connectivity index (χ0n) is 13.4. The molecule has 0 aliphatic carbocycles. The molecule has 0 spiro atoms. The van der Waals surface area contributed by atoms with Crippen molar-refractivity contribution in [3.8, 4) is 0 Å². The quantitative estimate of drug-likeness (QED) is 0.740. The van der Waals surface area contributed by atoms with Gasteiger partial charge in [0.2, 0.25) is 0 Å². The summed E-state index contributed by atoms with van der Waals surface area (Å²) in [6, 6.07) is 13.0. The highest BCUT2D eigenvalue weighted by atomic mass is 35.5. The number of hydrogen-bond acceptors (Lipinski definition) is 1. The molecular formula is C18H20ClFN2S. The van der Waals surface area contributed by atoms with E-state index in [0.29, 0.717) is 23.3 Å². The largest absolute Gasteiger partial charge is 0.348 e. The third-order valence-electron chi connectivity index (χ3n) is 3.58. The molecule has 0 atom stereocenters. The normalized spacial score (nSPS) is 10.7. The molecule has 0 saturated carbocycles. The molecule has 2 aromatic rings. The van der Waals surface area contributed by atoms with Crippen LogP contribution in [0.1, 0.15) is 30.9 Å². The van der Waals surface area contributed by atoms with Crippen molar-refractivity contribution in [2.24, 2.45) is 0 Å². The second kappa shape index (κ2) is 7.75. The Morgan fingerprint density at radius 2 is 1.87 bits per heavy atom. The average molecular weight is 351 g/mol. The van der Waals surface area contributed by atoms with E-state index >= 15 is 0 Å². The predicted molar refractivity (Wildman–Crippen MR) is 99.6 cm³/mol. The minimum atomic E-state index is -0.443. The van der Waals surface area contributed by atoms with Crippen LogP contribution < -0.4 is 5.32 Å². The molecule has 0 heterocycles. The van der Waals surface area contributed by atoms with Crippen LogP contribution in [0.2, 0.25) is 5.02 Å². The van der Waals surface area contributed by atoms with Gasteiger partial charge >= 0.3 is 0 Å². The van der Waals surface area contributed by atoms with Gasteiger partial charge in [-0.3, -0.25) is 0 Å². The molecule has 122 valence electrons. The second-order valence-corrected chi connectivity index (χ2v) is 6.61. The first-order valence-electron chi connectivity index (χ1n) is 7.43. The van der Waals surface area contributed by atoms with Crippen molar-refractivity contribution >= 4 is 34.6 Å². The van der Waals surface area contributed by atoms with Crippen LogP contribution in [0, 0.1) is 5.82 Å². The van der Waals surface area contributed by atoms with Gasteiger partial charge in [-0.05, 0) is 47.5 Å². The summed E-state index contributed by atoms with van der Waals surface area (Å²) in [5, 5.41) is 3.70. The molecule has 23 heavy (non-hydrogen) atoms. The van der Waals surface area contributed by atoms with Gasteiger partial charge in [0, 0.05) is 19.3 Å². The van der Waals surface area contributed by atoms with Crippen molar-refractivity contribution in [2.75, 3.05) is 12.4 Å². The fourth-order valence-electron chi connectivity index (χ4n) is 2.15. The number of rotatable bonds is 4. The first-order valence-corrected chi connectivity index (χ1v) is 8.21. The van der Waals surface area contributed by atoms with Gasteiger partial charge in [0.25, 0.3) is 0 Å². The van der Waals surface area contributed by atoms with E-state index in [-0.39, 0.29) is 5.02 Å². The molecule has 0 unspecified atom stereocenters. The Hall–Kier alpha value is -1.65. The highest BCUT2D eigenvalue weighted by Crippen LogP contribution is 2.20. The van der Waals surface area contributed by atoms with Crippen molar-refractivity contribution in [3.05, 3.63) is 64.4 Å². The Kier molecular flexibility index (Phi) is 5.97. The van der Waals surface area contributed by atoms with Crippen molar-refractivity contribution < 1.29 is 4.39 Å². The number of anilines is 1. The molecule has 2 aromatic carbocycles. The van der Waals surface area contributed by atoms with Crippen molar-refractivity contribution in [1.82, 2.24) is 4.90 Å². The topological polar surface area (TPSA) is 15.3 Å². The highest BCUT2D eigenvalue weighted by Gasteiger charge is 2.08. The van der Waals surface area contributed by atoms with Gasteiger partial charge < -0.3 is 10.2 Å². The van der Waals surface area contributed by atoms with Crippen molar-refractivity contribution in [3.63, 3.8) is 0 Å². The summed E-state index contributed by atoms with van der Waals surface area (Å²) in [5.74, 6) is 0.0782. The summed E-state index contributed by atoms with van der Waals surface area (Å²) in [5.41, 5.74) is 3.17. The van der Waals surface area contributed by atoms with E-state index in [0.717, 1.165) is 0 Å². The Bertz CT molecular complexity index is 686. The molecule has 0 radical (unpaired) electrons. The van der Waals surface area contributed by atoms with Crippen molar-refractivity contribution in [1.29, 1.82) is 0 Å². The summed E-state index contributed by atoms with van der Waals surface area (Å²) >= 11 is 11.2. The predicted octanol–water partition coefficient (Wildman–Crippen LogP) is 5.43. The lowest BCUT2D eigenvalue weighted by Crippen LogP contribution is -2.30. The zero-order valence-corrected chi connectivity index (χ0v) is 15.0. The summed E-state index contributed by atoms with van der Waals surface area (Å²) in [6.45, 7) is 5.04. The Labute approximate surface area is 147 Å². The third-order valence-corrected chi connectivity index (χ3v) is 4.29. The van der Waals surface area contributed by atoms with Gasteiger partial charge in [0.15, 0.2) is 5.11 Å². The molecule has 5 heteroatoms. The van der Waals surface area contributed by atoms with Gasteiger partial charge in [0.1, 0.15) is 5.82 Å². The Morgan fingerprint density at radius 1 is 1.22 bits per heavy atom. The number of halogens is 2. The molecule has 0 aliphatic heterocycles. The first-order chi connectivity index (χ1) is 10.9. The average Bonchev–Trinajstić information content (AvgIpc) is 2.51. The van der Waals surface area contributed by atoms with Gasteiger partial charge in [-0.2, -0.15) is 0 Å². The summed E-state index contributed by atoms with van der Waals surface area (Å²) in [7, 11) is 1.91. The first kappa shape index (κ1) is 17.7. The maximum Gasteiger partial charge on any atom is 0.173 e. The second-order valence-electron chi connectivity index (χ2n) is 5.81. The molecule has 0 aliphatic rings. The third kappa shape index (κ3) is 4.91. The maximum absolute atomic E-state index is 13.2. The maximum atomic E-state index is 13.2. The van der Waals surface area contributed by atoms with Crippen LogP contribution in [-0.4, -0.2) is 17.1 Å². The lowest BCUT2D eigenvalue weighted by molar-refractivity contribution is 0.508. The minimum absolute atomic E-state index is 0.0738. The van der Waals surface area contributed by atoms with Crippen LogP contribution in [0.4, 0.5) is 10.1 Å². The summed E-state index contributed by atoms with van der Waals surface area (Å²) in [6.07, 6.45) is 0. The number of hydrogen-bond donors (Lipinski definition) is 1. The van der Waals surface area contributed by atoms with E-state index in [4.69, 9.17) is 23.8 Å². The van der Waals surface area contributed by atoms with E-state index in [1.807, 2.05) is 11.9 Å². The Morgan fingerprint density at radius 3 is 2.43 bits per heavy atom. The molecule has 0 saturated heterocycles. The van der Waals surface area contributed by atoms with Crippen LogP contribution >= 0.6 is 23.8 Å². The van der Waals surface area contributed by atoms with E-state index < -0.39 is 5.82 Å². The molecule has 0 fully saturated rings. The molecule has 1 N–H and O–H groups in total. The standard InChI is InChI=1S/C18H20ClFN2S/c1-12(2)14-6-4-13(5-7-14)11-22(3)18(23)21-15-8-9-17(20)16(19)10-15/h4-10,12H,11H2,1-3H3,(H,21,23). The van der Waals surface area contributed by atoms with Crippen LogP contribution in [0.15, 0.2) is 42.5 Å². The van der Waals surface area contributed by atoms with Crippen molar-refractivity contribution in [2.45, 2.75) is 26.3 Å². The van der Waals surface area contributed by atoms with E-state index in [1.165, 1.54) is 23.3 Å². The zero-order chi connectivity index (χ0) is 17.0. The summed E-state index contributed by atoms with van der Waals surface area (Å²) < 4.78 is 13.2. The van der Waals surface area contributed by atoms with Crippen LogP contribution in [0.5, 0.6) is 0 Å². The molecule has 0 aromatic heterocycles. The fraction of sp³-hybridized carbons (Fsp3) is 0.278. The SMILES string of the molecule is CC(C)c1ccc(CN(C)C(=S)Nc2ccc(F)c(Cl)c2)cc1. The van der Waals surface area contributed by atoms with E-state index in [9.17, 15) is 4.39 Å². The molecular weight excluding hydrogens is 331 g/mol. The van der Waals surface area contributed by atoms with Gasteiger partial charge in [-0.15, -0.1) is 0 Å².